The lowest BCUT2D eigenvalue weighted by molar-refractivity contribution is -0.117. The molecule has 0 aliphatic heterocycles. The number of hydrogen-bond acceptors (Lipinski definition) is 4. The first-order chi connectivity index (χ1) is 9.08. The predicted molar refractivity (Wildman–Crippen MR) is 70.7 cm³/mol. The van der Waals surface area contributed by atoms with Gasteiger partial charge in [0.2, 0.25) is 5.91 Å². The maximum atomic E-state index is 13.4. The zero-order valence-corrected chi connectivity index (χ0v) is 11.1. The van der Waals surface area contributed by atoms with Crippen LogP contribution in [0.1, 0.15) is 12.8 Å². The van der Waals surface area contributed by atoms with Gasteiger partial charge in [0.25, 0.3) is 0 Å². The third-order valence-electron chi connectivity index (χ3n) is 2.62. The predicted octanol–water partition coefficient (Wildman–Crippen LogP) is 1.53. The number of nitrogens with one attached hydrogen (secondary N) is 1. The summed E-state index contributed by atoms with van der Waals surface area (Å²) in [7, 11) is 2.97. The van der Waals surface area contributed by atoms with E-state index in [1.165, 1.54) is 19.2 Å². The van der Waals surface area contributed by atoms with E-state index in [0.29, 0.717) is 25.1 Å². The first-order valence-electron chi connectivity index (χ1n) is 5.97. The van der Waals surface area contributed by atoms with Crippen molar-refractivity contribution < 1.29 is 18.7 Å². The molecule has 3 N–H and O–H groups in total. The summed E-state index contributed by atoms with van der Waals surface area (Å²) in [5.41, 5.74) is 6.07. The molecule has 0 aliphatic rings. The number of anilines is 1. The molecule has 5 nitrogen and oxygen atoms in total. The number of methoxy groups -OCH3 is 2. The largest absolute Gasteiger partial charge is 0.494 e. The zero-order chi connectivity index (χ0) is 14.3. The van der Waals surface area contributed by atoms with Crippen molar-refractivity contribution in [2.75, 3.05) is 26.1 Å². The average molecular weight is 270 g/mol. The van der Waals surface area contributed by atoms with E-state index in [2.05, 4.69) is 5.32 Å². The van der Waals surface area contributed by atoms with Crippen LogP contribution in [0, 0.1) is 5.82 Å². The van der Waals surface area contributed by atoms with Crippen molar-refractivity contribution in [3.63, 3.8) is 0 Å². The van der Waals surface area contributed by atoms with E-state index in [1.54, 1.807) is 13.2 Å². The fourth-order valence-corrected chi connectivity index (χ4v) is 1.56. The van der Waals surface area contributed by atoms with Crippen molar-refractivity contribution in [3.05, 3.63) is 24.0 Å². The smallest absolute Gasteiger partial charge is 0.241 e. The molecule has 6 heteroatoms. The van der Waals surface area contributed by atoms with E-state index in [1.807, 2.05) is 0 Å². The Morgan fingerprint density at radius 2 is 2.21 bits per heavy atom. The van der Waals surface area contributed by atoms with Gasteiger partial charge in [0.15, 0.2) is 11.6 Å². The highest BCUT2D eigenvalue weighted by atomic mass is 19.1. The molecule has 1 amide bonds. The molecule has 1 unspecified atom stereocenters. The molecule has 1 aromatic rings. The van der Waals surface area contributed by atoms with Gasteiger partial charge in [0.05, 0.1) is 13.2 Å². The standard InChI is InChI=1S/C13H19FN2O3/c1-18-7-3-4-11(15)13(17)16-9-5-6-12(19-2)10(14)8-9/h5-6,8,11H,3-4,7,15H2,1-2H3,(H,16,17). The summed E-state index contributed by atoms with van der Waals surface area (Å²) in [6.07, 6.45) is 1.21. The number of benzene rings is 1. The summed E-state index contributed by atoms with van der Waals surface area (Å²) in [6, 6.07) is 3.56. The van der Waals surface area contributed by atoms with Crippen LogP contribution in [0.25, 0.3) is 0 Å². The molecule has 1 aromatic carbocycles. The van der Waals surface area contributed by atoms with Crippen LogP contribution in [-0.2, 0) is 9.53 Å². The summed E-state index contributed by atoms with van der Waals surface area (Å²) >= 11 is 0. The molecular formula is C13H19FN2O3. The Labute approximate surface area is 111 Å². The van der Waals surface area contributed by atoms with Crippen molar-refractivity contribution in [2.24, 2.45) is 5.73 Å². The van der Waals surface area contributed by atoms with Gasteiger partial charge in [-0.3, -0.25) is 4.79 Å². The summed E-state index contributed by atoms with van der Waals surface area (Å²) in [4.78, 5) is 11.7. The first kappa shape index (κ1) is 15.4. The maximum absolute atomic E-state index is 13.4. The number of nitrogens with two attached hydrogens (primary N) is 1. The minimum Gasteiger partial charge on any atom is -0.494 e. The number of carbonyl (C=O) groups excluding carboxylic acids is 1. The minimum absolute atomic E-state index is 0.127. The van der Waals surface area contributed by atoms with Crippen LogP contribution in [0.2, 0.25) is 0 Å². The molecule has 0 aromatic heterocycles. The third-order valence-corrected chi connectivity index (χ3v) is 2.62. The van der Waals surface area contributed by atoms with Gasteiger partial charge in [0.1, 0.15) is 0 Å². The van der Waals surface area contributed by atoms with Crippen LogP contribution < -0.4 is 15.8 Å². The third kappa shape index (κ3) is 4.84. The van der Waals surface area contributed by atoms with Crippen molar-refractivity contribution in [1.82, 2.24) is 0 Å². The molecule has 1 atom stereocenters. The minimum atomic E-state index is -0.639. The Hall–Kier alpha value is -1.66. The SMILES string of the molecule is COCCCC(N)C(=O)Nc1ccc(OC)c(F)c1. The molecule has 0 spiro atoms. The second kappa shape index (κ2) is 7.70. The van der Waals surface area contributed by atoms with Gasteiger partial charge in [-0.2, -0.15) is 0 Å². The van der Waals surface area contributed by atoms with Crippen molar-refractivity contribution >= 4 is 11.6 Å². The Morgan fingerprint density at radius 3 is 2.79 bits per heavy atom. The first-order valence-corrected chi connectivity index (χ1v) is 5.97. The molecule has 0 saturated heterocycles. The summed E-state index contributed by atoms with van der Waals surface area (Å²) in [6.45, 7) is 0.554. The van der Waals surface area contributed by atoms with Gasteiger partial charge in [-0.05, 0) is 25.0 Å². The lowest BCUT2D eigenvalue weighted by Crippen LogP contribution is -2.35. The van der Waals surface area contributed by atoms with E-state index in [9.17, 15) is 9.18 Å². The normalized spacial score (nSPS) is 12.0. The van der Waals surface area contributed by atoms with Crippen LogP contribution in [-0.4, -0.2) is 32.8 Å². The fourth-order valence-electron chi connectivity index (χ4n) is 1.56. The van der Waals surface area contributed by atoms with E-state index < -0.39 is 11.9 Å². The van der Waals surface area contributed by atoms with Crippen LogP contribution in [0.15, 0.2) is 18.2 Å². The highest BCUT2D eigenvalue weighted by Gasteiger charge is 2.14. The lowest BCUT2D eigenvalue weighted by atomic mass is 10.1. The number of ether oxygens (including phenoxy) is 2. The fraction of sp³-hybridized carbons (Fsp3) is 0.462. The molecule has 1 rings (SSSR count). The number of halogens is 1. The van der Waals surface area contributed by atoms with E-state index in [0.717, 1.165) is 0 Å². The van der Waals surface area contributed by atoms with E-state index >= 15 is 0 Å². The van der Waals surface area contributed by atoms with Crippen LogP contribution in [0.3, 0.4) is 0 Å². The van der Waals surface area contributed by atoms with Gasteiger partial charge in [-0.1, -0.05) is 0 Å². The summed E-state index contributed by atoms with van der Waals surface area (Å²) in [5.74, 6) is -0.753. The van der Waals surface area contributed by atoms with E-state index in [4.69, 9.17) is 15.2 Å². The maximum Gasteiger partial charge on any atom is 0.241 e. The number of carbonyl (C=O) groups is 1. The second-order valence-corrected chi connectivity index (χ2v) is 4.08. The number of hydrogen-bond donors (Lipinski definition) is 2. The van der Waals surface area contributed by atoms with Crippen LogP contribution >= 0.6 is 0 Å². The summed E-state index contributed by atoms with van der Waals surface area (Å²) < 4.78 is 23.1. The van der Waals surface area contributed by atoms with Gasteiger partial charge < -0.3 is 20.5 Å². The molecule has 0 fully saturated rings. The van der Waals surface area contributed by atoms with Gasteiger partial charge >= 0.3 is 0 Å². The molecule has 19 heavy (non-hydrogen) atoms. The van der Waals surface area contributed by atoms with Crippen molar-refractivity contribution in [2.45, 2.75) is 18.9 Å². The average Bonchev–Trinajstić information content (AvgIpc) is 2.39. The van der Waals surface area contributed by atoms with Crippen molar-refractivity contribution in [1.29, 1.82) is 0 Å². The molecule has 0 saturated carbocycles. The van der Waals surface area contributed by atoms with E-state index in [-0.39, 0.29) is 11.7 Å². The molecule has 0 bridgehead atoms. The lowest BCUT2D eigenvalue weighted by Gasteiger charge is -2.12. The Kier molecular flexibility index (Phi) is 6.24. The molecular weight excluding hydrogens is 251 g/mol. The number of rotatable bonds is 7. The topological polar surface area (TPSA) is 73.6 Å². The van der Waals surface area contributed by atoms with Crippen LogP contribution in [0.5, 0.6) is 5.75 Å². The molecule has 106 valence electrons. The Bertz CT molecular complexity index is 426. The van der Waals surface area contributed by atoms with Gasteiger partial charge in [-0.15, -0.1) is 0 Å². The highest BCUT2D eigenvalue weighted by molar-refractivity contribution is 5.94. The van der Waals surface area contributed by atoms with Crippen LogP contribution in [0.4, 0.5) is 10.1 Å². The Morgan fingerprint density at radius 1 is 1.47 bits per heavy atom. The quantitative estimate of drug-likeness (QED) is 0.737. The monoisotopic (exact) mass is 270 g/mol. The van der Waals surface area contributed by atoms with Gasteiger partial charge in [-0.25, -0.2) is 4.39 Å². The van der Waals surface area contributed by atoms with Gasteiger partial charge in [0, 0.05) is 25.5 Å². The zero-order valence-electron chi connectivity index (χ0n) is 11.1. The molecule has 0 heterocycles. The Balaban J connectivity index is 2.54. The number of amides is 1. The molecule has 0 aliphatic carbocycles. The molecule has 0 radical (unpaired) electrons. The highest BCUT2D eigenvalue weighted by Crippen LogP contribution is 2.20. The second-order valence-electron chi connectivity index (χ2n) is 4.08. The summed E-state index contributed by atoms with van der Waals surface area (Å²) in [5, 5.41) is 2.56. The van der Waals surface area contributed by atoms with Crippen molar-refractivity contribution in [3.8, 4) is 5.75 Å².